The van der Waals surface area contributed by atoms with Gasteiger partial charge in [0, 0.05) is 17.6 Å². The van der Waals surface area contributed by atoms with Crippen LogP contribution in [0.25, 0.3) is 4.96 Å². The van der Waals surface area contributed by atoms with Gasteiger partial charge in [-0.1, -0.05) is 11.3 Å². The van der Waals surface area contributed by atoms with Crippen LogP contribution in [0.15, 0.2) is 16.4 Å². The van der Waals surface area contributed by atoms with Crippen molar-refractivity contribution in [3.8, 4) is 0 Å². The molecular weight excluding hydrogens is 234 g/mol. The van der Waals surface area contributed by atoms with Crippen molar-refractivity contribution in [3.05, 3.63) is 27.6 Å². The number of nitrogens with zero attached hydrogens (tertiary/aromatic N) is 3. The van der Waals surface area contributed by atoms with E-state index in [4.69, 9.17) is 5.11 Å². The quantitative estimate of drug-likeness (QED) is 0.786. The standard InChI is InChI=1S/C8H9N3O2S2/c12-1-2-14-4-6-3-7(13)11-8(10-6)15-5-9-11/h3,5,12H,1-2,4H2. The number of aliphatic hydroxyl groups is 1. The van der Waals surface area contributed by atoms with E-state index >= 15 is 0 Å². The predicted molar refractivity (Wildman–Crippen MR) is 60.4 cm³/mol. The molecule has 0 aliphatic carbocycles. The van der Waals surface area contributed by atoms with Gasteiger partial charge in [0.05, 0.1) is 12.3 Å². The molecule has 0 saturated heterocycles. The Morgan fingerprint density at radius 2 is 2.47 bits per heavy atom. The van der Waals surface area contributed by atoms with E-state index in [9.17, 15) is 4.79 Å². The first kappa shape index (κ1) is 10.6. The number of thioether (sulfide) groups is 1. The van der Waals surface area contributed by atoms with Gasteiger partial charge in [-0.3, -0.25) is 4.79 Å². The molecule has 0 fully saturated rings. The second-order valence-corrected chi connectivity index (χ2v) is 4.71. The number of hydrogen-bond acceptors (Lipinski definition) is 6. The SMILES string of the molecule is O=c1cc(CSCCO)nc2scnn12. The van der Waals surface area contributed by atoms with Crippen molar-refractivity contribution in [1.29, 1.82) is 0 Å². The average molecular weight is 243 g/mol. The summed E-state index contributed by atoms with van der Waals surface area (Å²) >= 11 is 2.89. The molecule has 7 heteroatoms. The molecule has 2 aromatic rings. The number of hydrogen-bond donors (Lipinski definition) is 1. The van der Waals surface area contributed by atoms with E-state index in [2.05, 4.69) is 10.1 Å². The molecular formula is C8H9N3O2S2. The molecule has 0 unspecified atom stereocenters. The lowest BCUT2D eigenvalue weighted by Gasteiger charge is -1.98. The first-order valence-corrected chi connectivity index (χ1v) is 6.36. The Morgan fingerprint density at radius 3 is 3.27 bits per heavy atom. The van der Waals surface area contributed by atoms with Crippen molar-refractivity contribution in [2.75, 3.05) is 12.4 Å². The van der Waals surface area contributed by atoms with E-state index < -0.39 is 0 Å². The predicted octanol–water partition coefficient (Wildman–Crippen LogP) is 0.377. The van der Waals surface area contributed by atoms with Crippen LogP contribution >= 0.6 is 23.1 Å². The summed E-state index contributed by atoms with van der Waals surface area (Å²) in [6, 6.07) is 1.48. The van der Waals surface area contributed by atoms with Crippen molar-refractivity contribution in [3.63, 3.8) is 0 Å². The smallest absolute Gasteiger partial charge is 0.275 e. The summed E-state index contributed by atoms with van der Waals surface area (Å²) in [5.74, 6) is 1.30. The molecule has 0 radical (unpaired) electrons. The third kappa shape index (κ3) is 2.36. The minimum absolute atomic E-state index is 0.145. The normalized spacial score (nSPS) is 11.0. The summed E-state index contributed by atoms with van der Waals surface area (Å²) in [4.78, 5) is 16.4. The van der Waals surface area contributed by atoms with Gasteiger partial charge in [-0.2, -0.15) is 21.4 Å². The van der Waals surface area contributed by atoms with Crippen molar-refractivity contribution < 1.29 is 5.11 Å². The molecule has 2 heterocycles. The van der Waals surface area contributed by atoms with Crippen LogP contribution in [0, 0.1) is 0 Å². The number of rotatable bonds is 4. The fraction of sp³-hybridized carbons (Fsp3) is 0.375. The van der Waals surface area contributed by atoms with Crippen LogP contribution in [0.2, 0.25) is 0 Å². The second-order valence-electron chi connectivity index (χ2n) is 2.80. The Hall–Kier alpha value is -0.920. The van der Waals surface area contributed by atoms with Gasteiger partial charge in [0.15, 0.2) is 0 Å². The summed E-state index contributed by atoms with van der Waals surface area (Å²) in [7, 11) is 0. The van der Waals surface area contributed by atoms with Gasteiger partial charge in [-0.25, -0.2) is 4.98 Å². The van der Waals surface area contributed by atoms with Gasteiger partial charge in [0.25, 0.3) is 5.56 Å². The zero-order valence-corrected chi connectivity index (χ0v) is 9.42. The summed E-state index contributed by atoms with van der Waals surface area (Å²) in [5, 5.41) is 12.5. The third-order valence-electron chi connectivity index (χ3n) is 1.73. The number of aliphatic hydroxyl groups excluding tert-OH is 1. The highest BCUT2D eigenvalue weighted by Crippen LogP contribution is 2.10. The highest BCUT2D eigenvalue weighted by atomic mass is 32.2. The minimum Gasteiger partial charge on any atom is -0.396 e. The fourth-order valence-electron chi connectivity index (χ4n) is 1.12. The highest BCUT2D eigenvalue weighted by molar-refractivity contribution is 7.98. The molecule has 0 spiro atoms. The van der Waals surface area contributed by atoms with E-state index in [0.29, 0.717) is 16.5 Å². The summed E-state index contributed by atoms with van der Waals surface area (Å²) in [6.07, 6.45) is 0. The van der Waals surface area contributed by atoms with Gasteiger partial charge >= 0.3 is 0 Å². The third-order valence-corrected chi connectivity index (χ3v) is 3.37. The van der Waals surface area contributed by atoms with Gasteiger partial charge in [0.2, 0.25) is 4.96 Å². The maximum absolute atomic E-state index is 11.5. The number of fused-ring (bicyclic) bond motifs is 1. The van der Waals surface area contributed by atoms with Crippen LogP contribution < -0.4 is 5.56 Å². The molecule has 15 heavy (non-hydrogen) atoms. The first-order chi connectivity index (χ1) is 7.31. The minimum atomic E-state index is -0.152. The monoisotopic (exact) mass is 243 g/mol. The van der Waals surface area contributed by atoms with Gasteiger partial charge in [0.1, 0.15) is 5.51 Å². The number of aromatic nitrogens is 3. The van der Waals surface area contributed by atoms with E-state index in [-0.39, 0.29) is 12.2 Å². The Kier molecular flexibility index (Phi) is 3.34. The van der Waals surface area contributed by atoms with Crippen LogP contribution in [0.3, 0.4) is 0 Å². The van der Waals surface area contributed by atoms with Gasteiger partial charge in [-0.15, -0.1) is 0 Å². The summed E-state index contributed by atoms with van der Waals surface area (Å²) in [6.45, 7) is 0.145. The van der Waals surface area contributed by atoms with E-state index in [0.717, 1.165) is 5.69 Å². The maximum atomic E-state index is 11.5. The molecule has 5 nitrogen and oxygen atoms in total. The zero-order chi connectivity index (χ0) is 10.7. The molecule has 0 bridgehead atoms. The largest absolute Gasteiger partial charge is 0.396 e. The molecule has 2 aromatic heterocycles. The molecule has 0 aromatic carbocycles. The van der Waals surface area contributed by atoms with E-state index in [1.807, 2.05) is 0 Å². The molecule has 0 saturated carbocycles. The molecule has 0 aliphatic rings. The summed E-state index contributed by atoms with van der Waals surface area (Å²) in [5.41, 5.74) is 2.18. The Labute approximate surface area is 93.8 Å². The lowest BCUT2D eigenvalue weighted by Crippen LogP contribution is -2.14. The van der Waals surface area contributed by atoms with Gasteiger partial charge < -0.3 is 5.11 Å². The lowest BCUT2D eigenvalue weighted by atomic mass is 10.4. The summed E-state index contributed by atoms with van der Waals surface area (Å²) < 4.78 is 1.28. The Morgan fingerprint density at radius 1 is 1.60 bits per heavy atom. The molecule has 1 N–H and O–H groups in total. The topological polar surface area (TPSA) is 67.5 Å². The molecule has 80 valence electrons. The van der Waals surface area contributed by atoms with Crippen LogP contribution in [0.4, 0.5) is 0 Å². The Bertz CT molecular complexity index is 508. The van der Waals surface area contributed by atoms with Crippen LogP contribution in [-0.4, -0.2) is 32.1 Å². The van der Waals surface area contributed by atoms with Crippen molar-refractivity contribution in [2.24, 2.45) is 0 Å². The van der Waals surface area contributed by atoms with E-state index in [1.54, 1.807) is 17.3 Å². The fourth-order valence-corrected chi connectivity index (χ4v) is 2.39. The van der Waals surface area contributed by atoms with Crippen molar-refractivity contribution in [1.82, 2.24) is 14.6 Å². The lowest BCUT2D eigenvalue weighted by molar-refractivity contribution is 0.322. The van der Waals surface area contributed by atoms with Gasteiger partial charge in [-0.05, 0) is 0 Å². The first-order valence-electron chi connectivity index (χ1n) is 4.32. The van der Waals surface area contributed by atoms with Crippen molar-refractivity contribution in [2.45, 2.75) is 5.75 Å². The molecule has 0 aliphatic heterocycles. The molecule has 2 rings (SSSR count). The van der Waals surface area contributed by atoms with Crippen molar-refractivity contribution >= 4 is 28.1 Å². The van der Waals surface area contributed by atoms with Crippen LogP contribution in [0.1, 0.15) is 5.69 Å². The highest BCUT2D eigenvalue weighted by Gasteiger charge is 2.03. The van der Waals surface area contributed by atoms with E-state index in [1.165, 1.54) is 21.9 Å². The Balaban J connectivity index is 2.25. The molecule has 0 atom stereocenters. The molecule has 0 amide bonds. The second kappa shape index (κ2) is 4.73. The maximum Gasteiger partial charge on any atom is 0.275 e. The van der Waals surface area contributed by atoms with Crippen LogP contribution in [-0.2, 0) is 5.75 Å². The average Bonchev–Trinajstić information content (AvgIpc) is 2.66. The van der Waals surface area contributed by atoms with Crippen LogP contribution in [0.5, 0.6) is 0 Å². The zero-order valence-electron chi connectivity index (χ0n) is 7.79.